The molecule has 0 saturated carbocycles. The van der Waals surface area contributed by atoms with Crippen molar-refractivity contribution in [3.8, 4) is 0 Å². The highest BCUT2D eigenvalue weighted by Crippen LogP contribution is 2.14. The molecule has 0 bridgehead atoms. The Bertz CT molecular complexity index is 258. The van der Waals surface area contributed by atoms with E-state index in [-0.39, 0.29) is 0 Å². The lowest BCUT2D eigenvalue weighted by Gasteiger charge is -2.20. The molecule has 0 fully saturated rings. The number of allylic oxidation sites excluding steroid dienone is 2. The van der Waals surface area contributed by atoms with E-state index < -0.39 is 23.0 Å². The zero-order valence-corrected chi connectivity index (χ0v) is 8.33. The molecule has 1 aliphatic rings. The first-order valence-corrected chi connectivity index (χ1v) is 5.72. The average Bonchev–Trinajstić information content (AvgIpc) is 2.13. The van der Waals surface area contributed by atoms with E-state index in [0.29, 0.717) is 17.1 Å². The molecule has 0 heterocycles. The molecular formula is C9H14O3S. The highest BCUT2D eigenvalue weighted by atomic mass is 32.2. The summed E-state index contributed by atoms with van der Waals surface area (Å²) in [5.41, 5.74) is 0.648. The molecule has 0 saturated heterocycles. The van der Waals surface area contributed by atoms with Crippen molar-refractivity contribution in [1.82, 2.24) is 0 Å². The van der Waals surface area contributed by atoms with E-state index in [1.165, 1.54) is 6.08 Å². The summed E-state index contributed by atoms with van der Waals surface area (Å²) < 4.78 is 11.2. The Morgan fingerprint density at radius 3 is 2.85 bits per heavy atom. The van der Waals surface area contributed by atoms with E-state index >= 15 is 0 Å². The second kappa shape index (κ2) is 4.69. The van der Waals surface area contributed by atoms with E-state index in [1.54, 1.807) is 12.2 Å². The third-order valence-electron chi connectivity index (χ3n) is 1.97. The average molecular weight is 202 g/mol. The number of aliphatic hydroxyl groups is 2. The topological polar surface area (TPSA) is 57.5 Å². The van der Waals surface area contributed by atoms with Crippen molar-refractivity contribution in [3.05, 3.63) is 23.8 Å². The monoisotopic (exact) mass is 202 g/mol. The molecule has 0 aliphatic heterocycles. The van der Waals surface area contributed by atoms with Crippen LogP contribution in [0.15, 0.2) is 23.8 Å². The van der Waals surface area contributed by atoms with Crippen LogP contribution in [0.1, 0.15) is 6.92 Å². The van der Waals surface area contributed by atoms with Gasteiger partial charge in [-0.05, 0) is 5.57 Å². The van der Waals surface area contributed by atoms with Crippen molar-refractivity contribution in [3.63, 3.8) is 0 Å². The Morgan fingerprint density at radius 2 is 2.23 bits per heavy atom. The fourth-order valence-corrected chi connectivity index (χ4v) is 1.98. The highest BCUT2D eigenvalue weighted by molar-refractivity contribution is 7.85. The van der Waals surface area contributed by atoms with Gasteiger partial charge < -0.3 is 10.2 Å². The fourth-order valence-electron chi connectivity index (χ4n) is 1.14. The minimum atomic E-state index is -0.933. The first-order chi connectivity index (χ1) is 6.15. The first-order valence-electron chi connectivity index (χ1n) is 4.23. The Labute approximate surface area is 80.2 Å². The van der Waals surface area contributed by atoms with Crippen LogP contribution in [-0.4, -0.2) is 38.1 Å². The maximum absolute atomic E-state index is 11.2. The predicted octanol–water partition coefficient (Wildman–Crippen LogP) is -0.0270. The van der Waals surface area contributed by atoms with Crippen molar-refractivity contribution in [2.75, 3.05) is 11.5 Å². The van der Waals surface area contributed by atoms with Gasteiger partial charge in [-0.25, -0.2) is 0 Å². The molecule has 4 heteroatoms. The highest BCUT2D eigenvalue weighted by Gasteiger charge is 2.21. The van der Waals surface area contributed by atoms with Crippen LogP contribution in [0.25, 0.3) is 0 Å². The first kappa shape index (κ1) is 10.6. The summed E-state index contributed by atoms with van der Waals surface area (Å²) >= 11 is 0. The molecule has 2 N–H and O–H groups in total. The molecule has 0 amide bonds. The molecule has 0 aromatic heterocycles. The fraction of sp³-hybridized carbons (Fsp3) is 0.556. The maximum Gasteiger partial charge on any atom is 0.106 e. The van der Waals surface area contributed by atoms with Crippen LogP contribution >= 0.6 is 0 Å². The van der Waals surface area contributed by atoms with Crippen molar-refractivity contribution < 1.29 is 14.4 Å². The van der Waals surface area contributed by atoms with Crippen LogP contribution in [0.3, 0.4) is 0 Å². The van der Waals surface area contributed by atoms with E-state index in [0.717, 1.165) is 0 Å². The normalized spacial score (nSPS) is 29.9. The lowest BCUT2D eigenvalue weighted by molar-refractivity contribution is 0.0719. The molecule has 13 heavy (non-hydrogen) atoms. The summed E-state index contributed by atoms with van der Waals surface area (Å²) in [6, 6.07) is 0. The van der Waals surface area contributed by atoms with Gasteiger partial charge in [-0.3, -0.25) is 4.21 Å². The van der Waals surface area contributed by atoms with E-state index in [2.05, 4.69) is 0 Å². The van der Waals surface area contributed by atoms with E-state index in [9.17, 15) is 14.4 Å². The number of aliphatic hydroxyl groups excluding tert-OH is 2. The standard InChI is InChI=1S/C9H14O3S/c1-2-13(12)6-7-4-3-5-8(10)9(7)11/h3-5,8-11H,2,6H2,1H3/t8-,9+,13+/m0/s1. The molecule has 0 aromatic rings. The molecule has 0 spiro atoms. The van der Waals surface area contributed by atoms with Crippen LogP contribution < -0.4 is 0 Å². The second-order valence-corrected chi connectivity index (χ2v) is 4.68. The Hall–Kier alpha value is -0.450. The van der Waals surface area contributed by atoms with Gasteiger partial charge in [0.2, 0.25) is 0 Å². The minimum Gasteiger partial charge on any atom is -0.386 e. The summed E-state index contributed by atoms with van der Waals surface area (Å²) in [6.07, 6.45) is 3.17. The van der Waals surface area contributed by atoms with Gasteiger partial charge in [0, 0.05) is 22.3 Å². The minimum absolute atomic E-state index is 0.346. The smallest absolute Gasteiger partial charge is 0.106 e. The number of hydrogen-bond acceptors (Lipinski definition) is 3. The summed E-state index contributed by atoms with van der Waals surface area (Å²) in [5.74, 6) is 0.920. The van der Waals surface area contributed by atoms with Gasteiger partial charge in [0.25, 0.3) is 0 Å². The van der Waals surface area contributed by atoms with Crippen molar-refractivity contribution in [2.45, 2.75) is 19.1 Å². The Kier molecular flexibility index (Phi) is 3.84. The lowest BCUT2D eigenvalue weighted by atomic mass is 10.0. The lowest BCUT2D eigenvalue weighted by Crippen LogP contribution is -2.30. The van der Waals surface area contributed by atoms with Crippen molar-refractivity contribution in [1.29, 1.82) is 0 Å². The molecule has 0 radical (unpaired) electrons. The second-order valence-electron chi connectivity index (χ2n) is 2.93. The number of hydrogen-bond donors (Lipinski definition) is 2. The zero-order chi connectivity index (χ0) is 9.84. The van der Waals surface area contributed by atoms with Gasteiger partial charge in [0.05, 0.1) is 0 Å². The van der Waals surface area contributed by atoms with Gasteiger partial charge in [-0.2, -0.15) is 0 Å². The number of rotatable bonds is 3. The summed E-state index contributed by atoms with van der Waals surface area (Å²) in [5, 5.41) is 18.7. The Morgan fingerprint density at radius 1 is 1.54 bits per heavy atom. The third-order valence-corrected chi connectivity index (χ3v) is 3.27. The van der Waals surface area contributed by atoms with E-state index in [4.69, 9.17) is 0 Å². The van der Waals surface area contributed by atoms with Gasteiger partial charge in [-0.15, -0.1) is 0 Å². The molecule has 1 rings (SSSR count). The molecular weight excluding hydrogens is 188 g/mol. The van der Waals surface area contributed by atoms with Crippen molar-refractivity contribution in [2.24, 2.45) is 0 Å². The molecule has 0 aromatic carbocycles. The van der Waals surface area contributed by atoms with Gasteiger partial charge >= 0.3 is 0 Å². The van der Waals surface area contributed by atoms with Gasteiger partial charge in [0.1, 0.15) is 12.2 Å². The van der Waals surface area contributed by atoms with E-state index in [1.807, 2.05) is 6.92 Å². The molecule has 3 atom stereocenters. The Balaban J connectivity index is 2.63. The van der Waals surface area contributed by atoms with Crippen molar-refractivity contribution >= 4 is 10.8 Å². The summed E-state index contributed by atoms with van der Waals surface area (Å²) in [6.45, 7) is 1.83. The third kappa shape index (κ3) is 2.76. The SMILES string of the molecule is CC[S@@](=O)CC1=CC=C[C@H](O)[C@@H]1O. The van der Waals surface area contributed by atoms with Crippen LogP contribution in [0.4, 0.5) is 0 Å². The quantitative estimate of drug-likeness (QED) is 0.676. The molecule has 74 valence electrons. The van der Waals surface area contributed by atoms with Gasteiger partial charge in [-0.1, -0.05) is 25.2 Å². The molecule has 3 nitrogen and oxygen atoms in total. The summed E-state index contributed by atoms with van der Waals surface area (Å²) in [7, 11) is -0.933. The van der Waals surface area contributed by atoms with Crippen LogP contribution in [-0.2, 0) is 10.8 Å². The zero-order valence-electron chi connectivity index (χ0n) is 7.51. The molecule has 0 unspecified atom stereocenters. The largest absolute Gasteiger partial charge is 0.386 e. The van der Waals surface area contributed by atoms with Crippen LogP contribution in [0.5, 0.6) is 0 Å². The van der Waals surface area contributed by atoms with Crippen LogP contribution in [0.2, 0.25) is 0 Å². The van der Waals surface area contributed by atoms with Gasteiger partial charge in [0.15, 0.2) is 0 Å². The maximum atomic E-state index is 11.2. The summed E-state index contributed by atoms with van der Waals surface area (Å²) in [4.78, 5) is 0. The van der Waals surface area contributed by atoms with Crippen LogP contribution in [0, 0.1) is 0 Å². The molecule has 1 aliphatic carbocycles. The predicted molar refractivity (Wildman–Crippen MR) is 52.8 cm³/mol.